The van der Waals surface area contributed by atoms with E-state index in [2.05, 4.69) is 5.32 Å². The van der Waals surface area contributed by atoms with Crippen molar-refractivity contribution in [1.29, 1.82) is 0 Å². The Balaban J connectivity index is 2.09. The second kappa shape index (κ2) is 10.3. The van der Waals surface area contributed by atoms with Gasteiger partial charge in [-0.15, -0.1) is 0 Å². The number of ether oxygens (including phenoxy) is 3. The third-order valence-electron chi connectivity index (χ3n) is 5.49. The standard InChI is InChI=1S/C23H31NO7/c1-12(2)19(23(28)30-6)24-17(25)10-8-13(3)7-9-15-20(26)18-16(11-31-22(18)27)14(4)21(15)29-5/h7,12,19,26H,8-11H2,1-6H3,(H,24,25)/b13-7+. The molecule has 1 amide bonds. The van der Waals surface area contributed by atoms with Crippen molar-refractivity contribution >= 4 is 17.8 Å². The summed E-state index contributed by atoms with van der Waals surface area (Å²) in [6.07, 6.45) is 2.91. The minimum atomic E-state index is -0.683. The average molecular weight is 434 g/mol. The fraction of sp³-hybridized carbons (Fsp3) is 0.522. The van der Waals surface area contributed by atoms with Crippen LogP contribution >= 0.6 is 0 Å². The van der Waals surface area contributed by atoms with Gasteiger partial charge in [-0.2, -0.15) is 0 Å². The number of carbonyl (C=O) groups excluding carboxylic acids is 3. The molecular weight excluding hydrogens is 402 g/mol. The van der Waals surface area contributed by atoms with Gasteiger partial charge in [0.25, 0.3) is 0 Å². The number of hydrogen-bond donors (Lipinski definition) is 2. The van der Waals surface area contributed by atoms with Crippen molar-refractivity contribution in [2.45, 2.75) is 59.6 Å². The minimum absolute atomic E-state index is 0.0850. The highest BCUT2D eigenvalue weighted by Gasteiger charge is 2.32. The molecule has 170 valence electrons. The predicted octanol–water partition coefficient (Wildman–Crippen LogP) is 2.96. The van der Waals surface area contributed by atoms with E-state index in [1.54, 1.807) is 0 Å². The molecule has 2 N–H and O–H groups in total. The summed E-state index contributed by atoms with van der Waals surface area (Å²) in [4.78, 5) is 36.1. The van der Waals surface area contributed by atoms with Crippen LogP contribution < -0.4 is 10.1 Å². The molecule has 1 heterocycles. The van der Waals surface area contributed by atoms with E-state index in [0.29, 0.717) is 29.7 Å². The van der Waals surface area contributed by atoms with E-state index in [4.69, 9.17) is 14.2 Å². The number of hydrogen-bond acceptors (Lipinski definition) is 7. The number of aromatic hydroxyl groups is 1. The van der Waals surface area contributed by atoms with E-state index in [-0.39, 0.29) is 36.2 Å². The van der Waals surface area contributed by atoms with Crippen LogP contribution in [0.2, 0.25) is 0 Å². The summed E-state index contributed by atoms with van der Waals surface area (Å²) in [5.74, 6) is -0.939. The number of benzene rings is 1. The third kappa shape index (κ3) is 5.37. The molecule has 0 fully saturated rings. The molecule has 1 aliphatic heterocycles. The fourth-order valence-electron chi connectivity index (χ4n) is 3.59. The number of esters is 2. The van der Waals surface area contributed by atoms with Gasteiger partial charge in [0, 0.05) is 17.5 Å². The molecule has 1 aliphatic rings. The number of cyclic esters (lactones) is 1. The van der Waals surface area contributed by atoms with Crippen LogP contribution in [-0.4, -0.2) is 43.2 Å². The maximum atomic E-state index is 12.3. The lowest BCUT2D eigenvalue weighted by atomic mass is 9.94. The first-order valence-electron chi connectivity index (χ1n) is 10.2. The lowest BCUT2D eigenvalue weighted by Gasteiger charge is -2.19. The molecule has 0 aliphatic carbocycles. The molecule has 8 nitrogen and oxygen atoms in total. The smallest absolute Gasteiger partial charge is 0.342 e. The van der Waals surface area contributed by atoms with Gasteiger partial charge in [-0.1, -0.05) is 25.5 Å². The lowest BCUT2D eigenvalue weighted by molar-refractivity contribution is -0.146. The summed E-state index contributed by atoms with van der Waals surface area (Å²) >= 11 is 0. The first kappa shape index (κ1) is 24.2. The van der Waals surface area contributed by atoms with Crippen LogP contribution in [0.5, 0.6) is 11.5 Å². The Labute approximate surface area is 182 Å². The zero-order chi connectivity index (χ0) is 23.3. The van der Waals surface area contributed by atoms with Crippen LogP contribution in [0.25, 0.3) is 0 Å². The Morgan fingerprint density at radius 1 is 1.26 bits per heavy atom. The van der Waals surface area contributed by atoms with Crippen molar-refractivity contribution in [2.75, 3.05) is 14.2 Å². The van der Waals surface area contributed by atoms with Gasteiger partial charge in [-0.05, 0) is 38.2 Å². The molecule has 0 bridgehead atoms. The molecule has 0 radical (unpaired) electrons. The molecule has 0 spiro atoms. The topological polar surface area (TPSA) is 111 Å². The Morgan fingerprint density at radius 3 is 2.52 bits per heavy atom. The van der Waals surface area contributed by atoms with Gasteiger partial charge in [0.2, 0.25) is 5.91 Å². The Bertz CT molecular complexity index is 902. The van der Waals surface area contributed by atoms with Gasteiger partial charge in [0.15, 0.2) is 0 Å². The van der Waals surface area contributed by atoms with E-state index in [9.17, 15) is 19.5 Å². The molecule has 8 heteroatoms. The number of allylic oxidation sites excluding steroid dienone is 2. The van der Waals surface area contributed by atoms with Gasteiger partial charge in [0.05, 0.1) is 14.2 Å². The SMILES string of the molecule is COC(=O)C(NC(=O)CC/C(C)=C/Cc1c(O)c2c(c(C)c1OC)COC2=O)C(C)C. The molecule has 2 rings (SSSR count). The predicted molar refractivity (Wildman–Crippen MR) is 114 cm³/mol. The maximum Gasteiger partial charge on any atom is 0.342 e. The number of nitrogens with one attached hydrogen (secondary N) is 1. The van der Waals surface area contributed by atoms with E-state index in [1.807, 2.05) is 33.8 Å². The molecule has 1 unspecified atom stereocenters. The van der Waals surface area contributed by atoms with Crippen LogP contribution in [0.4, 0.5) is 0 Å². The average Bonchev–Trinajstić information content (AvgIpc) is 3.13. The molecule has 0 saturated carbocycles. The van der Waals surface area contributed by atoms with Crippen LogP contribution in [0, 0.1) is 12.8 Å². The lowest BCUT2D eigenvalue weighted by Crippen LogP contribution is -2.44. The molecule has 1 aromatic carbocycles. The molecule has 0 aromatic heterocycles. The molecule has 1 atom stereocenters. The van der Waals surface area contributed by atoms with E-state index >= 15 is 0 Å². The largest absolute Gasteiger partial charge is 0.507 e. The summed E-state index contributed by atoms with van der Waals surface area (Å²) in [7, 11) is 2.81. The Morgan fingerprint density at radius 2 is 1.94 bits per heavy atom. The maximum absolute atomic E-state index is 12.3. The van der Waals surface area contributed by atoms with Crippen LogP contribution in [0.3, 0.4) is 0 Å². The van der Waals surface area contributed by atoms with Crippen molar-refractivity contribution in [1.82, 2.24) is 5.32 Å². The summed E-state index contributed by atoms with van der Waals surface area (Å²) < 4.78 is 15.3. The number of fused-ring (bicyclic) bond motifs is 1. The zero-order valence-electron chi connectivity index (χ0n) is 19.0. The number of carbonyl (C=O) groups is 3. The number of amides is 1. The van der Waals surface area contributed by atoms with Gasteiger partial charge in [-0.25, -0.2) is 9.59 Å². The van der Waals surface area contributed by atoms with Gasteiger partial charge in [-0.3, -0.25) is 4.79 Å². The van der Waals surface area contributed by atoms with Crippen molar-refractivity contribution in [3.05, 3.63) is 33.9 Å². The Hall–Kier alpha value is -3.03. The van der Waals surface area contributed by atoms with E-state index in [0.717, 1.165) is 11.1 Å². The second-order valence-corrected chi connectivity index (χ2v) is 7.98. The Kier molecular flexibility index (Phi) is 8.08. The fourth-order valence-corrected chi connectivity index (χ4v) is 3.59. The van der Waals surface area contributed by atoms with Crippen molar-refractivity contribution in [3.8, 4) is 11.5 Å². The van der Waals surface area contributed by atoms with Crippen LogP contribution in [0.15, 0.2) is 11.6 Å². The third-order valence-corrected chi connectivity index (χ3v) is 5.49. The quantitative estimate of drug-likeness (QED) is 0.455. The van der Waals surface area contributed by atoms with Gasteiger partial charge in [0.1, 0.15) is 29.7 Å². The highest BCUT2D eigenvalue weighted by Crippen LogP contribution is 2.42. The van der Waals surface area contributed by atoms with E-state index in [1.165, 1.54) is 14.2 Å². The minimum Gasteiger partial charge on any atom is -0.507 e. The normalized spacial score (nSPS) is 14.2. The summed E-state index contributed by atoms with van der Waals surface area (Å²) in [5.41, 5.74) is 3.04. The summed E-state index contributed by atoms with van der Waals surface area (Å²) in [5, 5.41) is 13.4. The first-order valence-corrected chi connectivity index (χ1v) is 10.2. The highest BCUT2D eigenvalue weighted by atomic mass is 16.5. The number of phenolic OH excluding ortho intramolecular Hbond substituents is 1. The monoisotopic (exact) mass is 433 g/mol. The van der Waals surface area contributed by atoms with Gasteiger partial charge < -0.3 is 24.6 Å². The van der Waals surface area contributed by atoms with E-state index < -0.39 is 18.0 Å². The molecule has 0 saturated heterocycles. The number of methoxy groups -OCH3 is 2. The molecular formula is C23H31NO7. The van der Waals surface area contributed by atoms with Crippen LogP contribution in [0.1, 0.15) is 60.7 Å². The first-order chi connectivity index (χ1) is 14.6. The van der Waals surface area contributed by atoms with Crippen LogP contribution in [-0.2, 0) is 32.1 Å². The van der Waals surface area contributed by atoms with Crippen molar-refractivity contribution < 1.29 is 33.7 Å². The molecule has 31 heavy (non-hydrogen) atoms. The number of phenols is 1. The highest BCUT2D eigenvalue weighted by molar-refractivity contribution is 5.98. The molecule has 1 aromatic rings. The summed E-state index contributed by atoms with van der Waals surface area (Å²) in [6, 6.07) is -0.683. The second-order valence-electron chi connectivity index (χ2n) is 7.98. The van der Waals surface area contributed by atoms with Crippen molar-refractivity contribution in [3.63, 3.8) is 0 Å². The number of rotatable bonds is 9. The van der Waals surface area contributed by atoms with Gasteiger partial charge >= 0.3 is 11.9 Å². The summed E-state index contributed by atoms with van der Waals surface area (Å²) in [6.45, 7) is 7.50. The zero-order valence-corrected chi connectivity index (χ0v) is 19.0. The van der Waals surface area contributed by atoms with Crippen molar-refractivity contribution in [2.24, 2.45) is 5.92 Å².